The number of carboxylic acid groups (broad SMARTS) is 1. The molecule has 1 N–H and O–H groups in total. The maximum atomic E-state index is 10.6. The topological polar surface area (TPSA) is 59.4 Å². The second-order valence-electron chi connectivity index (χ2n) is 3.34. The summed E-state index contributed by atoms with van der Waals surface area (Å²) in [5.41, 5.74) is -0.0560. The third-order valence-corrected chi connectivity index (χ3v) is 2.90. The van der Waals surface area contributed by atoms with Gasteiger partial charge in [0.1, 0.15) is 22.2 Å². The minimum Gasteiger partial charge on any atom is -0.477 e. The van der Waals surface area contributed by atoms with E-state index in [0.29, 0.717) is 21.5 Å². The Morgan fingerprint density at radius 1 is 1.22 bits per heavy atom. The highest BCUT2D eigenvalue weighted by Crippen LogP contribution is 2.34. The van der Waals surface area contributed by atoms with Gasteiger partial charge in [-0.25, -0.2) is 9.78 Å². The van der Waals surface area contributed by atoms with Gasteiger partial charge in [0.15, 0.2) is 0 Å². The summed E-state index contributed by atoms with van der Waals surface area (Å²) in [6.07, 6.45) is 1.31. The number of ether oxygens (including phenoxy) is 1. The molecule has 0 saturated carbocycles. The monoisotopic (exact) mass is 283 g/mol. The van der Waals surface area contributed by atoms with E-state index in [0.717, 1.165) is 0 Å². The fourth-order valence-electron chi connectivity index (χ4n) is 1.26. The summed E-state index contributed by atoms with van der Waals surface area (Å²) in [6, 6.07) is 7.83. The van der Waals surface area contributed by atoms with Gasteiger partial charge in [0, 0.05) is 0 Å². The second kappa shape index (κ2) is 5.25. The summed E-state index contributed by atoms with van der Waals surface area (Å²) in [7, 11) is 0. The lowest BCUT2D eigenvalue weighted by Gasteiger charge is -2.07. The van der Waals surface area contributed by atoms with E-state index in [1.54, 1.807) is 18.2 Å². The lowest BCUT2D eigenvalue weighted by Crippen LogP contribution is -1.99. The van der Waals surface area contributed by atoms with E-state index in [9.17, 15) is 4.79 Å². The Morgan fingerprint density at radius 2 is 2.00 bits per heavy atom. The third-order valence-electron chi connectivity index (χ3n) is 2.10. The molecule has 4 nitrogen and oxygen atoms in total. The number of nitrogens with zero attached hydrogens (tertiary/aromatic N) is 1. The highest BCUT2D eigenvalue weighted by molar-refractivity contribution is 6.42. The number of halogens is 2. The first-order valence-corrected chi connectivity index (χ1v) is 5.65. The number of carbonyl (C=O) groups is 1. The minimum absolute atomic E-state index is 0.0560. The van der Waals surface area contributed by atoms with E-state index in [4.69, 9.17) is 33.0 Å². The van der Waals surface area contributed by atoms with Gasteiger partial charge in [0.25, 0.3) is 0 Å². The molecule has 0 aliphatic carbocycles. The van der Waals surface area contributed by atoms with Crippen LogP contribution in [0, 0.1) is 0 Å². The fourth-order valence-corrected chi connectivity index (χ4v) is 1.59. The van der Waals surface area contributed by atoms with Crippen LogP contribution in [0.4, 0.5) is 0 Å². The molecule has 2 aromatic rings. The normalized spacial score (nSPS) is 10.1. The van der Waals surface area contributed by atoms with Gasteiger partial charge < -0.3 is 9.84 Å². The van der Waals surface area contributed by atoms with Gasteiger partial charge >= 0.3 is 5.97 Å². The predicted octanol–water partition coefficient (Wildman–Crippen LogP) is 3.88. The van der Waals surface area contributed by atoms with Gasteiger partial charge in [-0.05, 0) is 24.3 Å². The van der Waals surface area contributed by atoms with Crippen molar-refractivity contribution < 1.29 is 14.6 Å². The van der Waals surface area contributed by atoms with Crippen molar-refractivity contribution in [3.8, 4) is 11.5 Å². The molecule has 1 aromatic carbocycles. The number of rotatable bonds is 3. The van der Waals surface area contributed by atoms with Crippen molar-refractivity contribution >= 4 is 29.2 Å². The first-order valence-electron chi connectivity index (χ1n) is 4.89. The molecule has 0 aliphatic rings. The molecule has 92 valence electrons. The van der Waals surface area contributed by atoms with Gasteiger partial charge in [0.2, 0.25) is 0 Å². The van der Waals surface area contributed by atoms with Crippen LogP contribution in [-0.4, -0.2) is 16.1 Å². The predicted molar refractivity (Wildman–Crippen MR) is 67.7 cm³/mol. The fraction of sp³-hybridized carbons (Fsp3) is 0. The molecule has 0 atom stereocenters. The molecule has 1 heterocycles. The number of aromatic carboxylic acids is 1. The summed E-state index contributed by atoms with van der Waals surface area (Å²) in [5, 5.41) is 9.38. The van der Waals surface area contributed by atoms with Crippen LogP contribution in [0.15, 0.2) is 36.5 Å². The van der Waals surface area contributed by atoms with Crippen molar-refractivity contribution in [1.82, 2.24) is 4.98 Å². The van der Waals surface area contributed by atoms with Gasteiger partial charge in [-0.2, -0.15) is 0 Å². The summed E-state index contributed by atoms with van der Waals surface area (Å²) >= 11 is 11.8. The first kappa shape index (κ1) is 12.7. The summed E-state index contributed by atoms with van der Waals surface area (Å²) < 4.78 is 5.45. The highest BCUT2D eigenvalue weighted by Gasteiger charge is 2.08. The van der Waals surface area contributed by atoms with Crippen LogP contribution in [-0.2, 0) is 0 Å². The summed E-state index contributed by atoms with van der Waals surface area (Å²) in [4.78, 5) is 14.4. The van der Waals surface area contributed by atoms with Crippen molar-refractivity contribution in [2.75, 3.05) is 0 Å². The Labute approximate surface area is 113 Å². The van der Waals surface area contributed by atoms with E-state index in [2.05, 4.69) is 4.98 Å². The van der Waals surface area contributed by atoms with Crippen molar-refractivity contribution in [2.24, 2.45) is 0 Å². The molecule has 0 bridgehead atoms. The number of hydrogen-bond acceptors (Lipinski definition) is 3. The van der Waals surface area contributed by atoms with Gasteiger partial charge in [-0.3, -0.25) is 0 Å². The number of pyridine rings is 1. The Kier molecular flexibility index (Phi) is 3.69. The molecule has 0 spiro atoms. The number of carboxylic acids is 1. The molecular formula is C12H7Cl2NO3. The molecule has 18 heavy (non-hydrogen) atoms. The van der Waals surface area contributed by atoms with E-state index >= 15 is 0 Å². The summed E-state index contributed by atoms with van der Waals surface area (Å²) in [6.45, 7) is 0. The number of aromatic nitrogens is 1. The lowest BCUT2D eigenvalue weighted by molar-refractivity contribution is 0.0690. The zero-order chi connectivity index (χ0) is 13.1. The molecule has 6 heteroatoms. The molecule has 0 radical (unpaired) electrons. The molecule has 0 fully saturated rings. The summed E-state index contributed by atoms with van der Waals surface area (Å²) in [5.74, 6) is -0.333. The molecule has 0 saturated heterocycles. The van der Waals surface area contributed by atoms with Crippen LogP contribution in [0.3, 0.4) is 0 Å². The van der Waals surface area contributed by atoms with Crippen LogP contribution in [0.2, 0.25) is 10.0 Å². The highest BCUT2D eigenvalue weighted by atomic mass is 35.5. The molecule has 1 aromatic heterocycles. The zero-order valence-corrected chi connectivity index (χ0v) is 10.4. The maximum Gasteiger partial charge on any atom is 0.354 e. The Bertz CT molecular complexity index is 584. The van der Waals surface area contributed by atoms with Crippen LogP contribution in [0.25, 0.3) is 0 Å². The van der Waals surface area contributed by atoms with Crippen molar-refractivity contribution in [3.05, 3.63) is 52.3 Å². The SMILES string of the molecule is O=C(O)c1ccc(Oc2cccc(Cl)c2Cl)cn1. The van der Waals surface area contributed by atoms with Crippen LogP contribution in [0.5, 0.6) is 11.5 Å². The minimum atomic E-state index is -1.10. The molecule has 0 aliphatic heterocycles. The van der Waals surface area contributed by atoms with Gasteiger partial charge in [-0.1, -0.05) is 29.3 Å². The lowest BCUT2D eigenvalue weighted by atomic mass is 10.3. The molecule has 2 rings (SSSR count). The van der Waals surface area contributed by atoms with Crippen LogP contribution < -0.4 is 4.74 Å². The molecule has 0 unspecified atom stereocenters. The van der Waals surface area contributed by atoms with Crippen LogP contribution >= 0.6 is 23.2 Å². The average Bonchev–Trinajstić information content (AvgIpc) is 2.36. The number of hydrogen-bond donors (Lipinski definition) is 1. The molecular weight excluding hydrogens is 277 g/mol. The van der Waals surface area contributed by atoms with Crippen molar-refractivity contribution in [3.63, 3.8) is 0 Å². The Morgan fingerprint density at radius 3 is 2.61 bits per heavy atom. The van der Waals surface area contributed by atoms with Gasteiger partial charge in [0.05, 0.1) is 11.2 Å². The average molecular weight is 284 g/mol. The first-order chi connectivity index (χ1) is 8.58. The van der Waals surface area contributed by atoms with E-state index in [-0.39, 0.29) is 5.69 Å². The maximum absolute atomic E-state index is 10.6. The molecule has 0 amide bonds. The van der Waals surface area contributed by atoms with E-state index in [1.165, 1.54) is 18.3 Å². The second-order valence-corrected chi connectivity index (χ2v) is 4.12. The van der Waals surface area contributed by atoms with Gasteiger partial charge in [-0.15, -0.1) is 0 Å². The van der Waals surface area contributed by atoms with E-state index in [1.807, 2.05) is 0 Å². The van der Waals surface area contributed by atoms with E-state index < -0.39 is 5.97 Å². The smallest absolute Gasteiger partial charge is 0.354 e. The van der Waals surface area contributed by atoms with Crippen LogP contribution in [0.1, 0.15) is 10.5 Å². The Balaban J connectivity index is 2.24. The van der Waals surface area contributed by atoms with Crippen molar-refractivity contribution in [1.29, 1.82) is 0 Å². The Hall–Kier alpha value is -1.78. The largest absolute Gasteiger partial charge is 0.477 e. The number of benzene rings is 1. The quantitative estimate of drug-likeness (QED) is 0.929. The zero-order valence-electron chi connectivity index (χ0n) is 8.93. The standard InChI is InChI=1S/C12H7Cl2NO3/c13-8-2-1-3-10(11(8)14)18-7-4-5-9(12(16)17)15-6-7/h1-6H,(H,16,17). The van der Waals surface area contributed by atoms with Crippen molar-refractivity contribution in [2.45, 2.75) is 0 Å². The third kappa shape index (κ3) is 2.72.